The lowest BCUT2D eigenvalue weighted by molar-refractivity contribution is -0.131. The lowest BCUT2D eigenvalue weighted by atomic mass is 10.1. The lowest BCUT2D eigenvalue weighted by Crippen LogP contribution is -2.46. The molecule has 1 heterocycles. The van der Waals surface area contributed by atoms with Crippen LogP contribution in [0.4, 0.5) is 0 Å². The highest BCUT2D eigenvalue weighted by Gasteiger charge is 2.20. The largest absolute Gasteiger partial charge is 0.340 e. The molecule has 1 fully saturated rings. The number of nitrogens with zero attached hydrogens (tertiary/aromatic N) is 2. The zero-order valence-corrected chi connectivity index (χ0v) is 11.9. The Morgan fingerprint density at radius 2 is 1.89 bits per heavy atom. The van der Waals surface area contributed by atoms with Crippen molar-refractivity contribution in [2.75, 3.05) is 32.4 Å². The number of piperazine rings is 1. The van der Waals surface area contributed by atoms with Crippen LogP contribution >= 0.6 is 11.9 Å². The Bertz CT molecular complexity index is 414. The average Bonchev–Trinajstić information content (AvgIpc) is 2.41. The number of rotatable bonds is 3. The van der Waals surface area contributed by atoms with Crippen LogP contribution in [0.3, 0.4) is 0 Å². The predicted octanol–water partition coefficient (Wildman–Crippen LogP) is 1.96. The second-order valence-corrected chi connectivity index (χ2v) is 5.48. The number of amides is 1. The number of hydrogen-bond donors (Lipinski definition) is 0. The number of benzene rings is 1. The number of aryl methyl sites for hydroxylation is 1. The highest BCUT2D eigenvalue weighted by Crippen LogP contribution is 2.13. The van der Waals surface area contributed by atoms with Crippen molar-refractivity contribution in [3.05, 3.63) is 35.4 Å². The maximum absolute atomic E-state index is 12.2. The summed E-state index contributed by atoms with van der Waals surface area (Å²) in [6, 6.07) is 8.13. The summed E-state index contributed by atoms with van der Waals surface area (Å²) < 4.78 is 2.30. The second kappa shape index (κ2) is 6.25. The van der Waals surface area contributed by atoms with Gasteiger partial charge in [-0.05, 0) is 24.3 Å². The Balaban J connectivity index is 1.91. The summed E-state index contributed by atoms with van der Waals surface area (Å²) in [7, 11) is 0. The fourth-order valence-corrected chi connectivity index (χ4v) is 2.73. The zero-order valence-electron chi connectivity index (χ0n) is 11.1. The van der Waals surface area contributed by atoms with Crippen molar-refractivity contribution in [2.45, 2.75) is 13.3 Å². The van der Waals surface area contributed by atoms with Crippen molar-refractivity contribution in [3.63, 3.8) is 0 Å². The van der Waals surface area contributed by atoms with E-state index in [4.69, 9.17) is 0 Å². The van der Waals surface area contributed by atoms with Gasteiger partial charge in [0.25, 0.3) is 0 Å². The monoisotopic (exact) mass is 264 g/mol. The minimum Gasteiger partial charge on any atom is -0.340 e. The van der Waals surface area contributed by atoms with Gasteiger partial charge >= 0.3 is 0 Å². The normalized spacial score (nSPS) is 16.9. The van der Waals surface area contributed by atoms with E-state index in [1.807, 2.05) is 23.1 Å². The van der Waals surface area contributed by atoms with E-state index in [0.29, 0.717) is 6.42 Å². The van der Waals surface area contributed by atoms with Crippen molar-refractivity contribution in [1.82, 2.24) is 9.21 Å². The van der Waals surface area contributed by atoms with Gasteiger partial charge in [0.1, 0.15) is 0 Å². The first-order valence-corrected chi connectivity index (χ1v) is 7.50. The van der Waals surface area contributed by atoms with Crippen LogP contribution in [-0.4, -0.2) is 47.5 Å². The molecule has 1 aliphatic heterocycles. The van der Waals surface area contributed by atoms with Gasteiger partial charge < -0.3 is 4.90 Å². The van der Waals surface area contributed by atoms with Gasteiger partial charge in [-0.3, -0.25) is 4.79 Å². The third kappa shape index (κ3) is 3.27. The van der Waals surface area contributed by atoms with E-state index in [2.05, 4.69) is 23.6 Å². The molecule has 1 aromatic carbocycles. The van der Waals surface area contributed by atoms with Crippen LogP contribution in [0.1, 0.15) is 11.1 Å². The van der Waals surface area contributed by atoms with E-state index >= 15 is 0 Å². The van der Waals surface area contributed by atoms with Crippen molar-refractivity contribution in [3.8, 4) is 0 Å². The molecule has 98 valence electrons. The van der Waals surface area contributed by atoms with Crippen LogP contribution in [0.15, 0.2) is 24.3 Å². The lowest BCUT2D eigenvalue weighted by Gasteiger charge is -2.33. The van der Waals surface area contributed by atoms with Gasteiger partial charge in [0.15, 0.2) is 0 Å². The highest BCUT2D eigenvalue weighted by molar-refractivity contribution is 7.96. The Morgan fingerprint density at radius 3 is 2.50 bits per heavy atom. The molecule has 0 spiro atoms. The van der Waals surface area contributed by atoms with E-state index < -0.39 is 0 Å². The topological polar surface area (TPSA) is 23.6 Å². The molecular weight excluding hydrogens is 244 g/mol. The van der Waals surface area contributed by atoms with E-state index in [-0.39, 0.29) is 5.91 Å². The predicted molar refractivity (Wildman–Crippen MR) is 76.6 cm³/mol. The van der Waals surface area contributed by atoms with Gasteiger partial charge in [0.05, 0.1) is 6.42 Å². The van der Waals surface area contributed by atoms with Crippen LogP contribution in [0.25, 0.3) is 0 Å². The summed E-state index contributed by atoms with van der Waals surface area (Å²) in [4.78, 5) is 14.2. The molecule has 0 radical (unpaired) electrons. The van der Waals surface area contributed by atoms with Crippen molar-refractivity contribution >= 4 is 17.9 Å². The average molecular weight is 264 g/mol. The first kappa shape index (κ1) is 13.4. The standard InChI is InChI=1S/C14H20N2OS/c1-12-5-3-4-6-13(12)11-14(17)15-7-9-16(18-2)10-8-15/h3-6H,7-11H2,1-2H3. The van der Waals surface area contributed by atoms with Gasteiger partial charge in [-0.25, -0.2) is 4.31 Å². The van der Waals surface area contributed by atoms with Gasteiger partial charge in [-0.2, -0.15) is 0 Å². The first-order valence-electron chi connectivity index (χ1n) is 6.32. The molecule has 0 unspecified atom stereocenters. The van der Waals surface area contributed by atoms with Crippen LogP contribution < -0.4 is 0 Å². The van der Waals surface area contributed by atoms with Crippen LogP contribution in [-0.2, 0) is 11.2 Å². The maximum Gasteiger partial charge on any atom is 0.227 e. The quantitative estimate of drug-likeness (QED) is 0.780. The van der Waals surface area contributed by atoms with E-state index in [1.54, 1.807) is 11.9 Å². The summed E-state index contributed by atoms with van der Waals surface area (Å²) in [5, 5.41) is 0. The van der Waals surface area contributed by atoms with Crippen LogP contribution in [0.2, 0.25) is 0 Å². The minimum absolute atomic E-state index is 0.255. The van der Waals surface area contributed by atoms with Crippen molar-refractivity contribution in [2.24, 2.45) is 0 Å². The molecule has 0 saturated carbocycles. The molecule has 0 aliphatic carbocycles. The fraction of sp³-hybridized carbons (Fsp3) is 0.500. The second-order valence-electron chi connectivity index (χ2n) is 4.60. The molecule has 1 amide bonds. The molecule has 2 rings (SSSR count). The molecule has 3 nitrogen and oxygen atoms in total. The molecule has 4 heteroatoms. The summed E-state index contributed by atoms with van der Waals surface area (Å²) in [6.07, 6.45) is 2.62. The Kier molecular flexibility index (Phi) is 4.66. The molecular formula is C14H20N2OS. The maximum atomic E-state index is 12.2. The number of hydrogen-bond acceptors (Lipinski definition) is 3. The van der Waals surface area contributed by atoms with Gasteiger partial charge in [0.2, 0.25) is 5.91 Å². The Labute approximate surface area is 113 Å². The summed E-state index contributed by atoms with van der Waals surface area (Å²) in [5.74, 6) is 0.255. The molecule has 1 aromatic rings. The Morgan fingerprint density at radius 1 is 1.22 bits per heavy atom. The van der Waals surface area contributed by atoms with Crippen molar-refractivity contribution < 1.29 is 4.79 Å². The SMILES string of the molecule is CSN1CCN(C(=O)Cc2ccccc2C)CC1. The summed E-state index contributed by atoms with van der Waals surface area (Å²) >= 11 is 1.76. The molecule has 0 bridgehead atoms. The van der Waals surface area contributed by atoms with E-state index in [1.165, 1.54) is 5.56 Å². The van der Waals surface area contributed by atoms with Crippen molar-refractivity contribution in [1.29, 1.82) is 0 Å². The third-order valence-corrected chi connectivity index (χ3v) is 4.33. The molecule has 1 saturated heterocycles. The molecule has 18 heavy (non-hydrogen) atoms. The van der Waals surface area contributed by atoms with Crippen LogP contribution in [0, 0.1) is 6.92 Å². The van der Waals surface area contributed by atoms with E-state index in [9.17, 15) is 4.79 Å². The molecule has 0 N–H and O–H groups in total. The first-order chi connectivity index (χ1) is 8.70. The molecule has 1 aliphatic rings. The number of carbonyl (C=O) groups is 1. The van der Waals surface area contributed by atoms with E-state index in [0.717, 1.165) is 31.7 Å². The summed E-state index contributed by atoms with van der Waals surface area (Å²) in [5.41, 5.74) is 2.35. The highest BCUT2D eigenvalue weighted by atomic mass is 32.2. The van der Waals surface area contributed by atoms with Gasteiger partial charge in [0, 0.05) is 26.2 Å². The Hall–Kier alpha value is -1.00. The number of carbonyl (C=O) groups excluding carboxylic acids is 1. The van der Waals surface area contributed by atoms with Crippen LogP contribution in [0.5, 0.6) is 0 Å². The molecule has 0 aromatic heterocycles. The zero-order chi connectivity index (χ0) is 13.0. The third-order valence-electron chi connectivity index (χ3n) is 3.45. The smallest absolute Gasteiger partial charge is 0.227 e. The van der Waals surface area contributed by atoms with Gasteiger partial charge in [-0.1, -0.05) is 36.2 Å². The minimum atomic E-state index is 0.255. The summed E-state index contributed by atoms with van der Waals surface area (Å²) in [6.45, 7) is 5.72. The fourth-order valence-electron chi connectivity index (χ4n) is 2.20. The van der Waals surface area contributed by atoms with Gasteiger partial charge in [-0.15, -0.1) is 0 Å². The molecule has 0 atom stereocenters.